The Bertz CT molecular complexity index is 564. The molecule has 2 aromatic rings. The second-order valence-electron chi connectivity index (χ2n) is 4.68. The Morgan fingerprint density at radius 3 is 2.62 bits per heavy atom. The molecule has 0 aliphatic rings. The van der Waals surface area contributed by atoms with Crippen LogP contribution in [0.1, 0.15) is 23.5 Å². The van der Waals surface area contributed by atoms with E-state index in [9.17, 15) is 4.79 Å². The summed E-state index contributed by atoms with van der Waals surface area (Å²) < 4.78 is 0. The van der Waals surface area contributed by atoms with Gasteiger partial charge in [0.2, 0.25) is 0 Å². The van der Waals surface area contributed by atoms with E-state index in [0.717, 1.165) is 30.9 Å². The van der Waals surface area contributed by atoms with Gasteiger partial charge in [0, 0.05) is 18.7 Å². The van der Waals surface area contributed by atoms with Gasteiger partial charge in [-0.1, -0.05) is 44.2 Å². The molecule has 0 saturated heterocycles. The minimum atomic E-state index is -0.0384. The summed E-state index contributed by atoms with van der Waals surface area (Å²) in [4.78, 5) is 19.6. The Kier molecular flexibility index (Phi) is 5.90. The SMILES string of the molecule is CCN(CC)CCNC(=O)c1scnc1-c1ccccc1. The smallest absolute Gasteiger partial charge is 0.263 e. The van der Waals surface area contributed by atoms with Gasteiger partial charge in [0.15, 0.2) is 0 Å². The molecule has 21 heavy (non-hydrogen) atoms. The molecule has 0 fully saturated rings. The highest BCUT2D eigenvalue weighted by atomic mass is 32.1. The van der Waals surface area contributed by atoms with E-state index in [1.165, 1.54) is 11.3 Å². The molecule has 0 unspecified atom stereocenters. The number of thiazole rings is 1. The number of likely N-dealkylation sites (N-methyl/N-ethyl adjacent to an activating group) is 1. The molecule has 0 aliphatic carbocycles. The van der Waals surface area contributed by atoms with Crippen LogP contribution in [0.25, 0.3) is 11.3 Å². The zero-order valence-electron chi connectivity index (χ0n) is 12.5. The van der Waals surface area contributed by atoms with Gasteiger partial charge in [-0.15, -0.1) is 11.3 Å². The maximum atomic E-state index is 12.3. The van der Waals surface area contributed by atoms with Gasteiger partial charge in [-0.05, 0) is 13.1 Å². The van der Waals surface area contributed by atoms with Gasteiger partial charge in [-0.3, -0.25) is 4.79 Å². The van der Waals surface area contributed by atoms with Crippen molar-refractivity contribution in [2.24, 2.45) is 0 Å². The average Bonchev–Trinajstić information content (AvgIpc) is 3.02. The Morgan fingerprint density at radius 1 is 1.24 bits per heavy atom. The molecular formula is C16H21N3OS. The van der Waals surface area contributed by atoms with Crippen LogP contribution in [0.5, 0.6) is 0 Å². The fraction of sp³-hybridized carbons (Fsp3) is 0.375. The molecule has 1 N–H and O–H groups in total. The lowest BCUT2D eigenvalue weighted by Crippen LogP contribution is -2.34. The predicted molar refractivity (Wildman–Crippen MR) is 87.7 cm³/mol. The van der Waals surface area contributed by atoms with Crippen molar-refractivity contribution in [3.8, 4) is 11.3 Å². The summed E-state index contributed by atoms with van der Waals surface area (Å²) in [6, 6.07) is 9.82. The molecule has 0 bridgehead atoms. The summed E-state index contributed by atoms with van der Waals surface area (Å²) in [5.74, 6) is -0.0384. The van der Waals surface area contributed by atoms with Gasteiger partial charge in [-0.2, -0.15) is 0 Å². The molecule has 0 spiro atoms. The van der Waals surface area contributed by atoms with Gasteiger partial charge in [-0.25, -0.2) is 4.98 Å². The van der Waals surface area contributed by atoms with E-state index in [2.05, 4.69) is 29.0 Å². The number of benzene rings is 1. The van der Waals surface area contributed by atoms with E-state index >= 15 is 0 Å². The largest absolute Gasteiger partial charge is 0.350 e. The first-order chi connectivity index (χ1) is 10.3. The minimum absolute atomic E-state index is 0.0384. The van der Waals surface area contributed by atoms with E-state index in [1.807, 2.05) is 30.3 Å². The summed E-state index contributed by atoms with van der Waals surface area (Å²) >= 11 is 1.39. The van der Waals surface area contributed by atoms with Crippen molar-refractivity contribution in [2.45, 2.75) is 13.8 Å². The maximum Gasteiger partial charge on any atom is 0.263 e. The van der Waals surface area contributed by atoms with Crippen molar-refractivity contribution in [3.05, 3.63) is 40.7 Å². The lowest BCUT2D eigenvalue weighted by molar-refractivity contribution is 0.0953. The molecule has 0 atom stereocenters. The molecule has 0 saturated carbocycles. The lowest BCUT2D eigenvalue weighted by atomic mass is 10.1. The fourth-order valence-corrected chi connectivity index (χ4v) is 2.88. The third-order valence-electron chi connectivity index (χ3n) is 3.43. The van der Waals surface area contributed by atoms with Crippen LogP contribution >= 0.6 is 11.3 Å². The Balaban J connectivity index is 1.99. The highest BCUT2D eigenvalue weighted by Gasteiger charge is 2.15. The standard InChI is InChI=1S/C16H21N3OS/c1-3-19(4-2)11-10-17-16(20)15-14(18-12-21-15)13-8-6-5-7-9-13/h5-9,12H,3-4,10-11H2,1-2H3,(H,17,20). The lowest BCUT2D eigenvalue weighted by Gasteiger charge is -2.17. The van der Waals surface area contributed by atoms with Crippen LogP contribution in [0.4, 0.5) is 0 Å². The molecule has 0 radical (unpaired) electrons. The highest BCUT2D eigenvalue weighted by Crippen LogP contribution is 2.24. The topological polar surface area (TPSA) is 45.2 Å². The normalized spacial score (nSPS) is 10.8. The summed E-state index contributed by atoms with van der Waals surface area (Å²) in [6.45, 7) is 7.79. The number of hydrogen-bond acceptors (Lipinski definition) is 4. The number of aromatic nitrogens is 1. The maximum absolute atomic E-state index is 12.3. The summed E-state index contributed by atoms with van der Waals surface area (Å²) in [5.41, 5.74) is 3.47. The third kappa shape index (κ3) is 4.12. The van der Waals surface area contributed by atoms with Crippen LogP contribution in [0.15, 0.2) is 35.8 Å². The van der Waals surface area contributed by atoms with Crippen molar-refractivity contribution >= 4 is 17.2 Å². The van der Waals surface area contributed by atoms with E-state index in [1.54, 1.807) is 5.51 Å². The molecule has 1 heterocycles. The van der Waals surface area contributed by atoms with Gasteiger partial charge < -0.3 is 10.2 Å². The van der Waals surface area contributed by atoms with E-state index in [-0.39, 0.29) is 5.91 Å². The summed E-state index contributed by atoms with van der Waals surface area (Å²) in [7, 11) is 0. The van der Waals surface area contributed by atoms with Crippen LogP contribution < -0.4 is 5.32 Å². The molecule has 1 aromatic heterocycles. The number of carbonyl (C=O) groups is 1. The number of hydrogen-bond donors (Lipinski definition) is 1. The van der Waals surface area contributed by atoms with E-state index < -0.39 is 0 Å². The zero-order chi connectivity index (χ0) is 15.1. The third-order valence-corrected chi connectivity index (χ3v) is 4.25. The molecule has 112 valence electrons. The molecule has 5 heteroatoms. The fourth-order valence-electron chi connectivity index (χ4n) is 2.16. The first-order valence-corrected chi connectivity index (χ1v) is 8.13. The second kappa shape index (κ2) is 7.90. The van der Waals surface area contributed by atoms with Gasteiger partial charge in [0.05, 0.1) is 11.2 Å². The van der Waals surface area contributed by atoms with Crippen molar-refractivity contribution < 1.29 is 4.79 Å². The minimum Gasteiger partial charge on any atom is -0.350 e. The van der Waals surface area contributed by atoms with Crippen LogP contribution in [0.3, 0.4) is 0 Å². The summed E-state index contributed by atoms with van der Waals surface area (Å²) in [6.07, 6.45) is 0. The first kappa shape index (κ1) is 15.7. The number of amides is 1. The van der Waals surface area contributed by atoms with Crippen LogP contribution in [-0.2, 0) is 0 Å². The average molecular weight is 303 g/mol. The Morgan fingerprint density at radius 2 is 1.95 bits per heavy atom. The highest BCUT2D eigenvalue weighted by molar-refractivity contribution is 7.12. The summed E-state index contributed by atoms with van der Waals surface area (Å²) in [5, 5.41) is 2.98. The second-order valence-corrected chi connectivity index (χ2v) is 5.53. The van der Waals surface area contributed by atoms with E-state index in [0.29, 0.717) is 11.4 Å². The van der Waals surface area contributed by atoms with Crippen molar-refractivity contribution in [2.75, 3.05) is 26.2 Å². The molecule has 0 aliphatic heterocycles. The van der Waals surface area contributed by atoms with Crippen molar-refractivity contribution in [1.82, 2.24) is 15.2 Å². The van der Waals surface area contributed by atoms with Crippen LogP contribution in [0, 0.1) is 0 Å². The van der Waals surface area contributed by atoms with Crippen LogP contribution in [0.2, 0.25) is 0 Å². The van der Waals surface area contributed by atoms with Gasteiger partial charge >= 0.3 is 0 Å². The van der Waals surface area contributed by atoms with Crippen LogP contribution in [-0.4, -0.2) is 42.0 Å². The first-order valence-electron chi connectivity index (χ1n) is 7.25. The predicted octanol–water partition coefficient (Wildman–Crippen LogP) is 2.88. The zero-order valence-corrected chi connectivity index (χ0v) is 13.3. The molecule has 2 rings (SSSR count). The van der Waals surface area contributed by atoms with Gasteiger partial charge in [0.1, 0.15) is 4.88 Å². The molecule has 1 aromatic carbocycles. The van der Waals surface area contributed by atoms with Crippen molar-refractivity contribution in [1.29, 1.82) is 0 Å². The number of nitrogens with one attached hydrogen (secondary N) is 1. The molecule has 1 amide bonds. The quantitative estimate of drug-likeness (QED) is 0.855. The Labute approximate surface area is 129 Å². The number of rotatable bonds is 7. The number of carbonyl (C=O) groups excluding carboxylic acids is 1. The van der Waals surface area contributed by atoms with Crippen molar-refractivity contribution in [3.63, 3.8) is 0 Å². The van der Waals surface area contributed by atoms with Gasteiger partial charge in [0.25, 0.3) is 5.91 Å². The molecule has 4 nitrogen and oxygen atoms in total. The number of nitrogens with zero attached hydrogens (tertiary/aromatic N) is 2. The van der Waals surface area contributed by atoms with E-state index in [4.69, 9.17) is 0 Å². The Hall–Kier alpha value is -1.72. The molecular weight excluding hydrogens is 282 g/mol. The monoisotopic (exact) mass is 303 g/mol.